The van der Waals surface area contributed by atoms with Gasteiger partial charge >= 0.3 is 12.0 Å². The molecule has 2 saturated heterocycles. The summed E-state index contributed by atoms with van der Waals surface area (Å²) in [6.07, 6.45) is 1.33. The predicted molar refractivity (Wildman–Crippen MR) is 68.7 cm³/mol. The lowest BCUT2D eigenvalue weighted by molar-refractivity contribution is -0.141. The Balaban J connectivity index is 2.12. The highest BCUT2D eigenvalue weighted by Crippen LogP contribution is 2.28. The lowest BCUT2D eigenvalue weighted by atomic mass is 10.0. The summed E-state index contributed by atoms with van der Waals surface area (Å²) < 4.78 is 0. The quantitative estimate of drug-likeness (QED) is 0.775. The van der Waals surface area contributed by atoms with Crippen LogP contribution in [0.25, 0.3) is 0 Å². The Morgan fingerprint density at radius 3 is 2.53 bits per heavy atom. The summed E-state index contributed by atoms with van der Waals surface area (Å²) in [7, 11) is 0. The van der Waals surface area contributed by atoms with Crippen LogP contribution in [-0.4, -0.2) is 63.3 Å². The van der Waals surface area contributed by atoms with Crippen LogP contribution in [0, 0.1) is 5.92 Å². The second-order valence-corrected chi connectivity index (χ2v) is 5.83. The van der Waals surface area contributed by atoms with Gasteiger partial charge in [0.25, 0.3) is 0 Å². The fourth-order valence-electron chi connectivity index (χ4n) is 3.15. The summed E-state index contributed by atoms with van der Waals surface area (Å²) in [4.78, 5) is 26.8. The average molecular weight is 270 g/mol. The number of likely N-dealkylation sites (tertiary alicyclic amines) is 2. The van der Waals surface area contributed by atoms with E-state index in [4.69, 9.17) is 5.11 Å². The maximum absolute atomic E-state index is 12.5. The van der Waals surface area contributed by atoms with E-state index >= 15 is 0 Å². The van der Waals surface area contributed by atoms with Gasteiger partial charge in [-0.2, -0.15) is 0 Å². The van der Waals surface area contributed by atoms with Crippen molar-refractivity contribution in [3.63, 3.8) is 0 Å². The molecule has 108 valence electrons. The number of aliphatic hydroxyl groups excluding tert-OH is 1. The lowest BCUT2D eigenvalue weighted by Crippen LogP contribution is -2.50. The summed E-state index contributed by atoms with van der Waals surface area (Å²) in [6.45, 7) is 4.95. The Morgan fingerprint density at radius 1 is 1.26 bits per heavy atom. The highest BCUT2D eigenvalue weighted by atomic mass is 16.4. The van der Waals surface area contributed by atoms with Gasteiger partial charge in [-0.25, -0.2) is 9.59 Å². The van der Waals surface area contributed by atoms with Gasteiger partial charge in [0.2, 0.25) is 0 Å². The molecule has 3 atom stereocenters. The molecule has 1 unspecified atom stereocenters. The average Bonchev–Trinajstić information content (AvgIpc) is 2.93. The number of rotatable bonds is 2. The van der Waals surface area contributed by atoms with Gasteiger partial charge < -0.3 is 20.0 Å². The molecule has 2 amide bonds. The van der Waals surface area contributed by atoms with E-state index in [1.165, 1.54) is 4.90 Å². The van der Waals surface area contributed by atoms with Gasteiger partial charge in [0, 0.05) is 25.6 Å². The molecule has 6 nitrogen and oxygen atoms in total. The number of urea groups is 1. The van der Waals surface area contributed by atoms with E-state index in [-0.39, 0.29) is 25.0 Å². The minimum atomic E-state index is -1.04. The number of hydrogen-bond donors (Lipinski definition) is 2. The Morgan fingerprint density at radius 2 is 1.95 bits per heavy atom. The topological polar surface area (TPSA) is 81.1 Å². The first kappa shape index (κ1) is 14.1. The zero-order valence-corrected chi connectivity index (χ0v) is 11.5. The van der Waals surface area contributed by atoms with E-state index in [0.29, 0.717) is 12.5 Å². The molecular formula is C13H22N2O4. The molecule has 2 N–H and O–H groups in total. The minimum Gasteiger partial charge on any atom is -0.480 e. The smallest absolute Gasteiger partial charge is 0.326 e. The molecule has 0 saturated carbocycles. The van der Waals surface area contributed by atoms with Crippen LogP contribution < -0.4 is 0 Å². The van der Waals surface area contributed by atoms with Crippen LogP contribution in [0.1, 0.15) is 33.1 Å². The lowest BCUT2D eigenvalue weighted by Gasteiger charge is -2.33. The van der Waals surface area contributed by atoms with Gasteiger partial charge in [0.1, 0.15) is 6.04 Å². The van der Waals surface area contributed by atoms with Crippen molar-refractivity contribution >= 4 is 12.0 Å². The molecule has 0 aromatic carbocycles. The van der Waals surface area contributed by atoms with Crippen molar-refractivity contribution in [3.8, 4) is 0 Å². The van der Waals surface area contributed by atoms with E-state index in [1.807, 2.05) is 0 Å². The van der Waals surface area contributed by atoms with Gasteiger partial charge in [-0.1, -0.05) is 13.8 Å². The third-order valence-electron chi connectivity index (χ3n) is 4.12. The van der Waals surface area contributed by atoms with Crippen molar-refractivity contribution in [3.05, 3.63) is 0 Å². The summed E-state index contributed by atoms with van der Waals surface area (Å²) in [5.74, 6) is -0.674. The van der Waals surface area contributed by atoms with Crippen molar-refractivity contribution in [2.24, 2.45) is 5.92 Å². The number of aliphatic carboxylic acids is 1. The zero-order valence-electron chi connectivity index (χ0n) is 11.5. The normalized spacial score (nSPS) is 31.3. The highest BCUT2D eigenvalue weighted by molar-refractivity contribution is 5.83. The monoisotopic (exact) mass is 270 g/mol. The Kier molecular flexibility index (Phi) is 3.99. The molecule has 2 aliphatic heterocycles. The number of carboxylic acid groups (broad SMARTS) is 1. The van der Waals surface area contributed by atoms with Crippen LogP contribution >= 0.6 is 0 Å². The molecule has 2 aliphatic rings. The third-order valence-corrected chi connectivity index (χ3v) is 4.12. The summed E-state index contributed by atoms with van der Waals surface area (Å²) in [6, 6.07) is -0.948. The van der Waals surface area contributed by atoms with Crippen molar-refractivity contribution in [1.29, 1.82) is 0 Å². The van der Waals surface area contributed by atoms with Crippen LogP contribution in [0.4, 0.5) is 4.79 Å². The summed E-state index contributed by atoms with van der Waals surface area (Å²) in [5, 5.41) is 18.8. The molecule has 0 aliphatic carbocycles. The standard InChI is InChI=1S/C13H22N2O4/c1-8(2)10-4-3-5-14(10)13(19)15-7-9(16)6-11(15)12(17)18/h8-11,16H,3-7H2,1-2H3,(H,17,18)/t9-,10?,11+/m0/s1. The van der Waals surface area contributed by atoms with Gasteiger partial charge in [-0.15, -0.1) is 0 Å². The number of β-amino-alcohol motifs (C(OH)–C–C–N with tert-alkyl or cyclic N) is 1. The fourth-order valence-corrected chi connectivity index (χ4v) is 3.15. The fraction of sp³-hybridized carbons (Fsp3) is 0.846. The van der Waals surface area contributed by atoms with Crippen LogP contribution in [0.2, 0.25) is 0 Å². The first-order valence-corrected chi connectivity index (χ1v) is 6.90. The van der Waals surface area contributed by atoms with Gasteiger partial charge in [0.05, 0.1) is 6.10 Å². The number of carbonyl (C=O) groups excluding carboxylic acids is 1. The molecular weight excluding hydrogens is 248 g/mol. The van der Waals surface area contributed by atoms with E-state index < -0.39 is 18.1 Å². The van der Waals surface area contributed by atoms with Crippen LogP contribution in [-0.2, 0) is 4.79 Å². The van der Waals surface area contributed by atoms with E-state index in [9.17, 15) is 14.7 Å². The molecule has 0 aromatic rings. The highest BCUT2D eigenvalue weighted by Gasteiger charge is 2.43. The molecule has 0 spiro atoms. The van der Waals surface area contributed by atoms with E-state index in [0.717, 1.165) is 12.8 Å². The number of amides is 2. The first-order chi connectivity index (χ1) is 8.91. The minimum absolute atomic E-state index is 0.122. The predicted octanol–water partition coefficient (Wildman–Crippen LogP) is 0.747. The Hall–Kier alpha value is -1.30. The molecule has 2 fully saturated rings. The van der Waals surface area contributed by atoms with Crippen molar-refractivity contribution in [2.45, 2.75) is 51.3 Å². The third kappa shape index (κ3) is 2.68. The molecule has 0 bridgehead atoms. The van der Waals surface area contributed by atoms with E-state index in [1.54, 1.807) is 4.90 Å². The molecule has 0 radical (unpaired) electrons. The maximum atomic E-state index is 12.5. The second-order valence-electron chi connectivity index (χ2n) is 5.83. The molecule has 2 rings (SSSR count). The van der Waals surface area contributed by atoms with Crippen LogP contribution in [0.3, 0.4) is 0 Å². The summed E-state index contributed by atoms with van der Waals surface area (Å²) in [5.41, 5.74) is 0. The van der Waals surface area contributed by atoms with Crippen LogP contribution in [0.5, 0.6) is 0 Å². The second kappa shape index (κ2) is 5.36. The van der Waals surface area contributed by atoms with Crippen molar-refractivity contribution in [1.82, 2.24) is 9.80 Å². The molecule has 2 heterocycles. The Bertz CT molecular complexity index is 372. The van der Waals surface area contributed by atoms with Gasteiger partial charge in [0.15, 0.2) is 0 Å². The molecule has 0 aromatic heterocycles. The number of hydrogen-bond acceptors (Lipinski definition) is 3. The largest absolute Gasteiger partial charge is 0.480 e. The Labute approximate surface area is 113 Å². The van der Waals surface area contributed by atoms with Gasteiger partial charge in [-0.05, 0) is 18.8 Å². The molecule has 19 heavy (non-hydrogen) atoms. The summed E-state index contributed by atoms with van der Waals surface area (Å²) >= 11 is 0. The van der Waals surface area contributed by atoms with Crippen molar-refractivity contribution < 1.29 is 19.8 Å². The maximum Gasteiger partial charge on any atom is 0.326 e. The number of carboxylic acids is 1. The number of aliphatic hydroxyl groups is 1. The van der Waals surface area contributed by atoms with Crippen molar-refractivity contribution in [2.75, 3.05) is 13.1 Å². The van der Waals surface area contributed by atoms with Crippen LogP contribution in [0.15, 0.2) is 0 Å². The molecule has 6 heteroatoms. The van der Waals surface area contributed by atoms with E-state index in [2.05, 4.69) is 13.8 Å². The SMILES string of the molecule is CC(C)C1CCCN1C(=O)N1C[C@@H](O)C[C@@H]1C(=O)O. The van der Waals surface area contributed by atoms with Gasteiger partial charge in [-0.3, -0.25) is 0 Å². The number of carbonyl (C=O) groups is 2. The zero-order chi connectivity index (χ0) is 14.2. The number of nitrogens with zero attached hydrogens (tertiary/aromatic N) is 2. The first-order valence-electron chi connectivity index (χ1n) is 6.90.